The van der Waals surface area contributed by atoms with Gasteiger partial charge >= 0.3 is 0 Å². The summed E-state index contributed by atoms with van der Waals surface area (Å²) in [5, 5.41) is 0.257. The number of hydrogen-bond donors (Lipinski definition) is 0. The molecule has 0 N–H and O–H groups in total. The number of rotatable bonds is 4. The van der Waals surface area contributed by atoms with Crippen molar-refractivity contribution in [2.75, 3.05) is 30.9 Å². The van der Waals surface area contributed by atoms with Gasteiger partial charge in [0, 0.05) is 27.2 Å². The molecule has 6 heteroatoms. The Balaban J connectivity index is 2.11. The van der Waals surface area contributed by atoms with Gasteiger partial charge in [-0.2, -0.15) is 15.0 Å². The average Bonchev–Trinajstić information content (AvgIpc) is 2.46. The predicted molar refractivity (Wildman–Crippen MR) is 83.6 cm³/mol. The molecule has 2 rings (SSSR count). The van der Waals surface area contributed by atoms with Gasteiger partial charge in [-0.15, -0.1) is 0 Å². The topological polar surface area (TPSA) is 45.2 Å². The lowest BCUT2D eigenvalue weighted by Gasteiger charge is -2.34. The van der Waals surface area contributed by atoms with Crippen LogP contribution >= 0.6 is 11.6 Å². The van der Waals surface area contributed by atoms with Crippen molar-refractivity contribution >= 4 is 23.5 Å². The number of aromatic nitrogens is 3. The molecule has 1 heterocycles. The molecule has 0 saturated heterocycles. The Labute approximate surface area is 126 Å². The highest BCUT2D eigenvalue weighted by atomic mass is 35.5. The highest BCUT2D eigenvalue weighted by Crippen LogP contribution is 2.30. The molecule has 1 aromatic heterocycles. The van der Waals surface area contributed by atoms with Crippen LogP contribution in [0.3, 0.4) is 0 Å². The molecular formula is C14H24ClN5. The van der Waals surface area contributed by atoms with Gasteiger partial charge in [-0.05, 0) is 43.2 Å². The van der Waals surface area contributed by atoms with Crippen molar-refractivity contribution in [3.8, 4) is 0 Å². The quantitative estimate of drug-likeness (QED) is 0.855. The van der Waals surface area contributed by atoms with Gasteiger partial charge in [-0.1, -0.05) is 13.3 Å². The van der Waals surface area contributed by atoms with Crippen molar-refractivity contribution in [1.29, 1.82) is 0 Å². The molecule has 5 nitrogen and oxygen atoms in total. The first-order valence-corrected chi connectivity index (χ1v) is 7.70. The van der Waals surface area contributed by atoms with E-state index in [4.69, 9.17) is 11.6 Å². The van der Waals surface area contributed by atoms with E-state index in [2.05, 4.69) is 33.8 Å². The second-order valence-electron chi connectivity index (χ2n) is 5.79. The third kappa shape index (κ3) is 3.51. The standard InChI is InChI=1S/C14H24ClN5/c1-5-10-6-8-11(9-7-10)20(4)14-17-12(15)16-13(18-14)19(2)3/h10-11H,5-9H2,1-4H3. The lowest BCUT2D eigenvalue weighted by atomic mass is 9.84. The minimum absolute atomic E-state index is 0.257. The molecule has 112 valence electrons. The SMILES string of the molecule is CCC1CCC(N(C)c2nc(Cl)nc(N(C)C)n2)CC1. The molecule has 20 heavy (non-hydrogen) atoms. The minimum Gasteiger partial charge on any atom is -0.347 e. The Bertz CT molecular complexity index is 443. The van der Waals surface area contributed by atoms with E-state index in [9.17, 15) is 0 Å². The van der Waals surface area contributed by atoms with Gasteiger partial charge < -0.3 is 9.80 Å². The minimum atomic E-state index is 0.257. The van der Waals surface area contributed by atoms with Crippen LogP contribution in [-0.2, 0) is 0 Å². The fraction of sp³-hybridized carbons (Fsp3) is 0.786. The van der Waals surface area contributed by atoms with Crippen LogP contribution in [0.25, 0.3) is 0 Å². The first kappa shape index (κ1) is 15.3. The van der Waals surface area contributed by atoms with Crippen LogP contribution in [0.1, 0.15) is 39.0 Å². The monoisotopic (exact) mass is 297 g/mol. The molecule has 0 atom stereocenters. The zero-order valence-electron chi connectivity index (χ0n) is 12.8. The van der Waals surface area contributed by atoms with Gasteiger partial charge in [-0.25, -0.2) is 0 Å². The fourth-order valence-electron chi connectivity index (χ4n) is 2.79. The lowest BCUT2D eigenvalue weighted by Crippen LogP contribution is -2.36. The van der Waals surface area contributed by atoms with Crippen LogP contribution in [0.15, 0.2) is 0 Å². The van der Waals surface area contributed by atoms with Crippen LogP contribution in [0.4, 0.5) is 11.9 Å². The summed E-state index contributed by atoms with van der Waals surface area (Å²) < 4.78 is 0. The van der Waals surface area contributed by atoms with E-state index in [0.717, 1.165) is 5.92 Å². The van der Waals surface area contributed by atoms with Gasteiger partial charge in [0.25, 0.3) is 0 Å². The molecule has 1 saturated carbocycles. The van der Waals surface area contributed by atoms with Crippen LogP contribution < -0.4 is 9.80 Å². The van der Waals surface area contributed by atoms with Crippen molar-refractivity contribution in [3.63, 3.8) is 0 Å². The molecule has 1 aliphatic carbocycles. The van der Waals surface area contributed by atoms with Gasteiger partial charge in [0.2, 0.25) is 17.2 Å². The van der Waals surface area contributed by atoms with Crippen molar-refractivity contribution in [2.45, 2.75) is 45.1 Å². The van der Waals surface area contributed by atoms with Crippen molar-refractivity contribution in [1.82, 2.24) is 15.0 Å². The number of anilines is 2. The highest BCUT2D eigenvalue weighted by molar-refractivity contribution is 6.28. The summed E-state index contributed by atoms with van der Waals surface area (Å²) >= 11 is 6.01. The predicted octanol–water partition coefficient (Wildman–Crippen LogP) is 3.00. The third-order valence-corrected chi connectivity index (χ3v) is 4.41. The molecule has 0 unspecified atom stereocenters. The molecule has 1 aromatic rings. The second-order valence-corrected chi connectivity index (χ2v) is 6.13. The second kappa shape index (κ2) is 6.57. The third-order valence-electron chi connectivity index (χ3n) is 4.24. The fourth-order valence-corrected chi connectivity index (χ4v) is 2.94. The van der Waals surface area contributed by atoms with E-state index in [0.29, 0.717) is 17.9 Å². The first-order valence-electron chi connectivity index (χ1n) is 7.33. The van der Waals surface area contributed by atoms with Gasteiger partial charge in [0.1, 0.15) is 0 Å². The summed E-state index contributed by atoms with van der Waals surface area (Å²) in [5.74, 6) is 2.17. The maximum absolute atomic E-state index is 6.01. The summed E-state index contributed by atoms with van der Waals surface area (Å²) in [7, 11) is 5.87. The Morgan fingerprint density at radius 2 is 1.60 bits per heavy atom. The zero-order valence-corrected chi connectivity index (χ0v) is 13.6. The Morgan fingerprint density at radius 3 is 2.15 bits per heavy atom. The van der Waals surface area contributed by atoms with E-state index in [-0.39, 0.29) is 5.28 Å². The van der Waals surface area contributed by atoms with Gasteiger partial charge in [-0.3, -0.25) is 0 Å². The van der Waals surface area contributed by atoms with E-state index in [1.54, 1.807) is 0 Å². The van der Waals surface area contributed by atoms with E-state index >= 15 is 0 Å². The Kier molecular flexibility index (Phi) is 5.02. The molecule has 0 spiro atoms. The molecule has 0 aromatic carbocycles. The van der Waals surface area contributed by atoms with Crippen LogP contribution in [-0.4, -0.2) is 42.1 Å². The number of halogens is 1. The maximum atomic E-state index is 6.01. The average molecular weight is 298 g/mol. The largest absolute Gasteiger partial charge is 0.347 e. The van der Waals surface area contributed by atoms with E-state index in [1.165, 1.54) is 32.1 Å². The van der Waals surface area contributed by atoms with Gasteiger partial charge in [0.15, 0.2) is 0 Å². The van der Waals surface area contributed by atoms with Crippen LogP contribution in [0.2, 0.25) is 5.28 Å². The van der Waals surface area contributed by atoms with E-state index < -0.39 is 0 Å². The maximum Gasteiger partial charge on any atom is 0.231 e. The summed E-state index contributed by atoms with van der Waals surface area (Å²) in [6, 6.07) is 0.506. The van der Waals surface area contributed by atoms with E-state index in [1.807, 2.05) is 19.0 Å². The molecule has 1 fully saturated rings. The molecular weight excluding hydrogens is 274 g/mol. The molecule has 1 aliphatic rings. The summed E-state index contributed by atoms with van der Waals surface area (Å²) in [4.78, 5) is 16.9. The lowest BCUT2D eigenvalue weighted by molar-refractivity contribution is 0.312. The Hall–Kier alpha value is -1.10. The van der Waals surface area contributed by atoms with Crippen LogP contribution in [0, 0.1) is 5.92 Å². The number of nitrogens with zero attached hydrogens (tertiary/aromatic N) is 5. The molecule has 0 amide bonds. The summed E-state index contributed by atoms with van der Waals surface area (Å²) in [5.41, 5.74) is 0. The molecule has 0 aliphatic heterocycles. The van der Waals surface area contributed by atoms with Crippen molar-refractivity contribution in [2.24, 2.45) is 5.92 Å². The number of hydrogen-bond acceptors (Lipinski definition) is 5. The van der Waals surface area contributed by atoms with Crippen molar-refractivity contribution < 1.29 is 0 Å². The highest BCUT2D eigenvalue weighted by Gasteiger charge is 2.25. The smallest absolute Gasteiger partial charge is 0.231 e. The molecule has 0 bridgehead atoms. The van der Waals surface area contributed by atoms with Crippen LogP contribution in [0.5, 0.6) is 0 Å². The Morgan fingerprint density at radius 1 is 1.00 bits per heavy atom. The summed E-state index contributed by atoms with van der Waals surface area (Å²) in [6.45, 7) is 2.28. The zero-order chi connectivity index (χ0) is 14.7. The van der Waals surface area contributed by atoms with Gasteiger partial charge in [0.05, 0.1) is 0 Å². The summed E-state index contributed by atoms with van der Waals surface area (Å²) in [6.07, 6.45) is 6.29. The normalized spacial score (nSPS) is 22.6. The first-order chi connectivity index (χ1) is 9.51. The van der Waals surface area contributed by atoms with Crippen molar-refractivity contribution in [3.05, 3.63) is 5.28 Å². The molecule has 0 radical (unpaired) electrons.